The molecule has 6 heteroatoms. The summed E-state index contributed by atoms with van der Waals surface area (Å²) < 4.78 is 4.69. The number of methoxy groups -OCH3 is 1. The summed E-state index contributed by atoms with van der Waals surface area (Å²) >= 11 is 1.38. The van der Waals surface area contributed by atoms with Crippen molar-refractivity contribution in [1.29, 1.82) is 0 Å². The predicted octanol–water partition coefficient (Wildman–Crippen LogP) is 1.71. The molecule has 0 fully saturated rings. The average Bonchev–Trinajstić information content (AvgIpc) is 2.77. The van der Waals surface area contributed by atoms with Gasteiger partial charge in [0, 0.05) is 19.1 Å². The van der Waals surface area contributed by atoms with E-state index < -0.39 is 0 Å². The molecule has 0 radical (unpaired) electrons. The van der Waals surface area contributed by atoms with Crippen LogP contribution in [-0.2, 0) is 4.74 Å². The standard InChI is InChI=1S/C12H21N3O2S/c1-6-15(9(2)8-14(3)4)12-13-7-10(18-12)11(16)17-5/h7,9H,6,8H2,1-5H3. The number of likely N-dealkylation sites (N-methyl/N-ethyl adjacent to an activating group) is 2. The zero-order chi connectivity index (χ0) is 13.7. The average molecular weight is 271 g/mol. The molecule has 0 spiro atoms. The van der Waals surface area contributed by atoms with Crippen LogP contribution in [0.5, 0.6) is 0 Å². The zero-order valence-electron chi connectivity index (χ0n) is 11.6. The van der Waals surface area contributed by atoms with Gasteiger partial charge in [-0.2, -0.15) is 0 Å². The lowest BCUT2D eigenvalue weighted by atomic mass is 10.3. The number of esters is 1. The molecular formula is C12H21N3O2S. The fourth-order valence-corrected chi connectivity index (χ4v) is 2.86. The summed E-state index contributed by atoms with van der Waals surface area (Å²) in [6, 6.07) is 0.349. The van der Waals surface area contributed by atoms with Crippen LogP contribution in [0.2, 0.25) is 0 Å². The van der Waals surface area contributed by atoms with Crippen LogP contribution in [0.4, 0.5) is 5.13 Å². The van der Waals surface area contributed by atoms with E-state index >= 15 is 0 Å². The molecule has 1 rings (SSSR count). The second-order valence-corrected chi connectivity index (χ2v) is 5.41. The minimum atomic E-state index is -0.324. The Bertz CT molecular complexity index is 392. The van der Waals surface area contributed by atoms with E-state index in [4.69, 9.17) is 4.74 Å². The third-order valence-electron chi connectivity index (χ3n) is 2.63. The predicted molar refractivity (Wildman–Crippen MR) is 74.5 cm³/mol. The van der Waals surface area contributed by atoms with Gasteiger partial charge in [0.1, 0.15) is 4.88 Å². The van der Waals surface area contributed by atoms with Gasteiger partial charge in [-0.25, -0.2) is 9.78 Å². The van der Waals surface area contributed by atoms with Gasteiger partial charge in [0.25, 0.3) is 0 Å². The van der Waals surface area contributed by atoms with Gasteiger partial charge in [-0.1, -0.05) is 11.3 Å². The van der Waals surface area contributed by atoms with Gasteiger partial charge >= 0.3 is 5.97 Å². The van der Waals surface area contributed by atoms with Gasteiger partial charge in [0.2, 0.25) is 0 Å². The largest absolute Gasteiger partial charge is 0.465 e. The highest BCUT2D eigenvalue weighted by molar-refractivity contribution is 7.17. The van der Waals surface area contributed by atoms with Crippen molar-refractivity contribution < 1.29 is 9.53 Å². The van der Waals surface area contributed by atoms with E-state index in [-0.39, 0.29) is 5.97 Å². The lowest BCUT2D eigenvalue weighted by Crippen LogP contribution is -2.40. The van der Waals surface area contributed by atoms with E-state index in [1.54, 1.807) is 6.20 Å². The minimum Gasteiger partial charge on any atom is -0.465 e. The Hall–Kier alpha value is -1.14. The molecule has 102 valence electrons. The third-order valence-corrected chi connectivity index (χ3v) is 3.64. The molecule has 0 aliphatic heterocycles. The molecule has 1 aromatic rings. The van der Waals surface area contributed by atoms with E-state index in [0.29, 0.717) is 10.9 Å². The number of carbonyl (C=O) groups excluding carboxylic acids is 1. The monoisotopic (exact) mass is 271 g/mol. The number of rotatable bonds is 6. The first-order valence-corrected chi connectivity index (χ1v) is 6.76. The Labute approximate surface area is 112 Å². The number of aromatic nitrogens is 1. The fraction of sp³-hybridized carbons (Fsp3) is 0.667. The maximum absolute atomic E-state index is 11.4. The molecule has 0 aromatic carbocycles. The first-order valence-electron chi connectivity index (χ1n) is 5.95. The number of anilines is 1. The maximum Gasteiger partial charge on any atom is 0.349 e. The summed E-state index contributed by atoms with van der Waals surface area (Å²) in [7, 11) is 5.48. The quantitative estimate of drug-likeness (QED) is 0.737. The Morgan fingerprint density at radius 2 is 2.22 bits per heavy atom. The van der Waals surface area contributed by atoms with Crippen molar-refractivity contribution in [2.24, 2.45) is 0 Å². The van der Waals surface area contributed by atoms with Crippen LogP contribution in [0.1, 0.15) is 23.5 Å². The molecule has 0 amide bonds. The number of carbonyl (C=O) groups is 1. The topological polar surface area (TPSA) is 45.7 Å². The van der Waals surface area contributed by atoms with Crippen molar-refractivity contribution in [3.8, 4) is 0 Å². The summed E-state index contributed by atoms with van der Waals surface area (Å²) in [5.74, 6) is -0.324. The number of thiazole rings is 1. The van der Waals surface area contributed by atoms with E-state index in [9.17, 15) is 4.79 Å². The van der Waals surface area contributed by atoms with Crippen LogP contribution >= 0.6 is 11.3 Å². The van der Waals surface area contributed by atoms with Crippen molar-refractivity contribution in [3.05, 3.63) is 11.1 Å². The Balaban J connectivity index is 2.82. The van der Waals surface area contributed by atoms with Crippen LogP contribution in [0.25, 0.3) is 0 Å². The van der Waals surface area contributed by atoms with Gasteiger partial charge in [-0.15, -0.1) is 0 Å². The zero-order valence-corrected chi connectivity index (χ0v) is 12.5. The molecule has 0 aliphatic carbocycles. The van der Waals surface area contributed by atoms with E-state index in [2.05, 4.69) is 28.6 Å². The SMILES string of the molecule is CCN(c1ncc(C(=O)OC)s1)C(C)CN(C)C. The first-order chi connectivity index (χ1) is 8.49. The summed E-state index contributed by atoms with van der Waals surface area (Å²) in [6.45, 7) is 6.05. The maximum atomic E-state index is 11.4. The molecule has 0 saturated heterocycles. The number of ether oxygens (including phenoxy) is 1. The molecule has 0 N–H and O–H groups in total. The highest BCUT2D eigenvalue weighted by atomic mass is 32.1. The lowest BCUT2D eigenvalue weighted by Gasteiger charge is -2.29. The van der Waals surface area contributed by atoms with E-state index in [1.165, 1.54) is 18.4 Å². The second-order valence-electron chi connectivity index (χ2n) is 4.40. The molecule has 1 heterocycles. The van der Waals surface area contributed by atoms with Crippen molar-refractivity contribution >= 4 is 22.4 Å². The fourth-order valence-electron chi connectivity index (χ4n) is 1.86. The third kappa shape index (κ3) is 3.68. The number of nitrogens with zero attached hydrogens (tertiary/aromatic N) is 3. The first kappa shape index (κ1) is 14.9. The van der Waals surface area contributed by atoms with Crippen molar-refractivity contribution in [2.75, 3.05) is 39.2 Å². The molecule has 1 aromatic heterocycles. The highest BCUT2D eigenvalue weighted by Crippen LogP contribution is 2.24. The number of hydrogen-bond acceptors (Lipinski definition) is 6. The van der Waals surface area contributed by atoms with Crippen LogP contribution in [0, 0.1) is 0 Å². The van der Waals surface area contributed by atoms with Gasteiger partial charge in [-0.05, 0) is 27.9 Å². The molecule has 1 unspecified atom stereocenters. The molecule has 0 bridgehead atoms. The Kier molecular flexibility index (Phi) is 5.55. The highest BCUT2D eigenvalue weighted by Gasteiger charge is 2.19. The Morgan fingerprint density at radius 1 is 1.56 bits per heavy atom. The van der Waals surface area contributed by atoms with Crippen molar-refractivity contribution in [3.63, 3.8) is 0 Å². The van der Waals surface area contributed by atoms with Gasteiger partial charge in [0.15, 0.2) is 5.13 Å². The van der Waals surface area contributed by atoms with Crippen molar-refractivity contribution in [1.82, 2.24) is 9.88 Å². The molecule has 0 saturated carbocycles. The van der Waals surface area contributed by atoms with Gasteiger partial charge < -0.3 is 14.5 Å². The molecule has 5 nitrogen and oxygen atoms in total. The summed E-state index contributed by atoms with van der Waals surface area (Å²) in [5.41, 5.74) is 0. The second kappa shape index (κ2) is 6.70. The van der Waals surface area contributed by atoms with Crippen LogP contribution < -0.4 is 4.90 Å². The molecule has 0 aliphatic rings. The van der Waals surface area contributed by atoms with Gasteiger partial charge in [0.05, 0.1) is 13.3 Å². The number of hydrogen-bond donors (Lipinski definition) is 0. The minimum absolute atomic E-state index is 0.324. The van der Waals surface area contributed by atoms with Crippen LogP contribution in [-0.4, -0.2) is 56.2 Å². The molecular weight excluding hydrogens is 250 g/mol. The summed E-state index contributed by atoms with van der Waals surface area (Å²) in [5, 5.41) is 0.868. The molecule has 18 heavy (non-hydrogen) atoms. The van der Waals surface area contributed by atoms with Gasteiger partial charge in [-0.3, -0.25) is 0 Å². The molecule has 1 atom stereocenters. The summed E-state index contributed by atoms with van der Waals surface area (Å²) in [6.07, 6.45) is 1.58. The van der Waals surface area contributed by atoms with E-state index in [1.807, 2.05) is 14.1 Å². The van der Waals surface area contributed by atoms with Crippen molar-refractivity contribution in [2.45, 2.75) is 19.9 Å². The van der Waals surface area contributed by atoms with E-state index in [0.717, 1.165) is 18.2 Å². The summed E-state index contributed by atoms with van der Waals surface area (Å²) in [4.78, 5) is 20.6. The van der Waals surface area contributed by atoms with Crippen LogP contribution in [0.3, 0.4) is 0 Å². The normalized spacial score (nSPS) is 12.6. The Morgan fingerprint density at radius 3 is 2.72 bits per heavy atom. The van der Waals surface area contributed by atoms with Crippen LogP contribution in [0.15, 0.2) is 6.20 Å². The smallest absolute Gasteiger partial charge is 0.349 e. The lowest BCUT2D eigenvalue weighted by molar-refractivity contribution is 0.0606.